The molecule has 1 heterocycles. The number of likely N-dealkylation sites (tertiary alicyclic amines) is 1. The molecule has 0 aromatic heterocycles. The number of hydrogen-bond donors (Lipinski definition) is 0. The fraction of sp³-hybridized carbons (Fsp3) is 0.938. The smallest absolute Gasteiger partial charge is 0.228 e. The maximum absolute atomic E-state index is 12.5. The molecular formula is C16H33NO2Si. The number of nitrogens with zero attached hydrogens (tertiary/aromatic N) is 1. The second kappa shape index (κ2) is 5.80. The Morgan fingerprint density at radius 2 is 1.75 bits per heavy atom. The molecule has 1 aliphatic rings. The molecular weight excluding hydrogens is 266 g/mol. The van der Waals surface area contributed by atoms with E-state index in [9.17, 15) is 4.79 Å². The van der Waals surface area contributed by atoms with Crippen LogP contribution in [0.15, 0.2) is 0 Å². The van der Waals surface area contributed by atoms with Crippen molar-refractivity contribution in [1.29, 1.82) is 0 Å². The van der Waals surface area contributed by atoms with Crippen LogP contribution in [0.1, 0.15) is 54.4 Å². The molecule has 0 aliphatic carbocycles. The van der Waals surface area contributed by atoms with Crippen LogP contribution in [0.25, 0.3) is 0 Å². The Bertz CT molecular complexity index is 352. The van der Waals surface area contributed by atoms with Gasteiger partial charge in [0.25, 0.3) is 0 Å². The van der Waals surface area contributed by atoms with E-state index in [1.165, 1.54) is 0 Å². The highest BCUT2D eigenvalue weighted by molar-refractivity contribution is 6.74. The van der Waals surface area contributed by atoms with Crippen LogP contribution in [-0.4, -0.2) is 38.3 Å². The van der Waals surface area contributed by atoms with Crippen LogP contribution >= 0.6 is 0 Å². The first kappa shape index (κ1) is 17.7. The predicted octanol–water partition coefficient (Wildman–Crippen LogP) is 4.05. The van der Waals surface area contributed by atoms with E-state index >= 15 is 0 Å². The van der Waals surface area contributed by atoms with E-state index in [1.54, 1.807) is 0 Å². The van der Waals surface area contributed by atoms with Gasteiger partial charge in [-0.2, -0.15) is 0 Å². The van der Waals surface area contributed by atoms with E-state index < -0.39 is 8.32 Å². The molecule has 0 radical (unpaired) electrons. The monoisotopic (exact) mass is 299 g/mol. The summed E-state index contributed by atoms with van der Waals surface area (Å²) >= 11 is 0. The van der Waals surface area contributed by atoms with Gasteiger partial charge in [0.2, 0.25) is 5.91 Å². The molecule has 0 unspecified atom stereocenters. The largest absolute Gasteiger partial charge is 0.415 e. The van der Waals surface area contributed by atoms with Crippen molar-refractivity contribution in [3.8, 4) is 0 Å². The Morgan fingerprint density at radius 1 is 1.20 bits per heavy atom. The fourth-order valence-electron chi connectivity index (χ4n) is 2.23. The van der Waals surface area contributed by atoms with Crippen molar-refractivity contribution in [2.24, 2.45) is 5.41 Å². The Kier molecular flexibility index (Phi) is 5.13. The first-order valence-electron chi connectivity index (χ1n) is 7.81. The lowest BCUT2D eigenvalue weighted by molar-refractivity contribution is -0.140. The lowest BCUT2D eigenvalue weighted by Crippen LogP contribution is -2.48. The highest BCUT2D eigenvalue weighted by Crippen LogP contribution is 2.37. The van der Waals surface area contributed by atoms with Gasteiger partial charge in [-0.05, 0) is 31.0 Å². The van der Waals surface area contributed by atoms with Gasteiger partial charge in [0, 0.05) is 12.0 Å². The van der Waals surface area contributed by atoms with Crippen molar-refractivity contribution in [3.05, 3.63) is 0 Å². The Morgan fingerprint density at radius 3 is 2.20 bits per heavy atom. The summed E-state index contributed by atoms with van der Waals surface area (Å²) < 4.78 is 6.32. The molecule has 1 fully saturated rings. The molecule has 0 bridgehead atoms. The van der Waals surface area contributed by atoms with E-state index in [2.05, 4.69) is 33.9 Å². The highest BCUT2D eigenvalue weighted by atomic mass is 28.4. The number of carbonyl (C=O) groups is 1. The number of carbonyl (C=O) groups excluding carboxylic acids is 1. The summed E-state index contributed by atoms with van der Waals surface area (Å²) in [5.41, 5.74) is -0.292. The summed E-state index contributed by atoms with van der Waals surface area (Å²) in [6.45, 7) is 18.9. The van der Waals surface area contributed by atoms with Crippen molar-refractivity contribution >= 4 is 14.2 Å². The fourth-order valence-corrected chi connectivity index (χ4v) is 3.27. The zero-order valence-corrected chi connectivity index (χ0v) is 15.7. The molecule has 4 heteroatoms. The van der Waals surface area contributed by atoms with Gasteiger partial charge in [-0.25, -0.2) is 0 Å². The Balaban J connectivity index is 2.66. The molecule has 1 saturated heterocycles. The zero-order chi connectivity index (χ0) is 15.8. The third-order valence-electron chi connectivity index (χ3n) is 4.72. The maximum atomic E-state index is 12.5. The van der Waals surface area contributed by atoms with Crippen LogP contribution in [0.4, 0.5) is 0 Å². The third kappa shape index (κ3) is 4.07. The van der Waals surface area contributed by atoms with Crippen LogP contribution < -0.4 is 0 Å². The molecule has 1 atom stereocenters. The van der Waals surface area contributed by atoms with Gasteiger partial charge in [0.05, 0.1) is 12.6 Å². The van der Waals surface area contributed by atoms with Gasteiger partial charge in [-0.1, -0.05) is 41.5 Å². The summed E-state index contributed by atoms with van der Waals surface area (Å²) in [6, 6.07) is 0.274. The second-order valence-corrected chi connectivity index (χ2v) is 13.4. The standard InChI is InChI=1S/C16H33NO2Si/c1-15(2,3)14(18)17-11-9-10-13(17)12-19-20(7,8)16(4,5)6/h13H,9-12H2,1-8H3/t13-/m0/s1. The molecule has 0 N–H and O–H groups in total. The maximum Gasteiger partial charge on any atom is 0.228 e. The van der Waals surface area contributed by atoms with Gasteiger partial charge >= 0.3 is 0 Å². The van der Waals surface area contributed by atoms with Crippen molar-refractivity contribution in [3.63, 3.8) is 0 Å². The lowest BCUT2D eigenvalue weighted by Gasteiger charge is -2.38. The number of rotatable bonds is 3. The second-order valence-electron chi connectivity index (χ2n) is 8.62. The van der Waals surface area contributed by atoms with Crippen LogP contribution in [0, 0.1) is 5.41 Å². The summed E-state index contributed by atoms with van der Waals surface area (Å²) in [5, 5.41) is 0.227. The van der Waals surface area contributed by atoms with Crippen LogP contribution in [0.2, 0.25) is 18.1 Å². The Hall–Kier alpha value is -0.353. The van der Waals surface area contributed by atoms with Crippen LogP contribution in [-0.2, 0) is 9.22 Å². The summed E-state index contributed by atoms with van der Waals surface area (Å²) in [4.78, 5) is 14.5. The molecule has 20 heavy (non-hydrogen) atoms. The van der Waals surface area contributed by atoms with Crippen molar-refractivity contribution in [2.45, 2.75) is 78.6 Å². The topological polar surface area (TPSA) is 29.5 Å². The highest BCUT2D eigenvalue weighted by Gasteiger charge is 2.40. The quantitative estimate of drug-likeness (QED) is 0.736. The van der Waals surface area contributed by atoms with E-state index in [-0.39, 0.29) is 22.4 Å². The van der Waals surface area contributed by atoms with Gasteiger partial charge < -0.3 is 9.33 Å². The minimum atomic E-state index is -1.72. The minimum absolute atomic E-state index is 0.227. The summed E-state index contributed by atoms with van der Waals surface area (Å²) in [6.07, 6.45) is 2.18. The van der Waals surface area contributed by atoms with Gasteiger partial charge in [-0.15, -0.1) is 0 Å². The van der Waals surface area contributed by atoms with Crippen LogP contribution in [0.5, 0.6) is 0 Å². The number of hydrogen-bond acceptors (Lipinski definition) is 2. The molecule has 0 aromatic carbocycles. The first-order chi connectivity index (χ1) is 8.86. The molecule has 1 amide bonds. The van der Waals surface area contributed by atoms with E-state index in [4.69, 9.17) is 4.43 Å². The van der Waals surface area contributed by atoms with E-state index in [0.29, 0.717) is 6.61 Å². The summed E-state index contributed by atoms with van der Waals surface area (Å²) in [7, 11) is -1.72. The van der Waals surface area contributed by atoms with Crippen molar-refractivity contribution in [2.75, 3.05) is 13.2 Å². The van der Waals surface area contributed by atoms with Gasteiger partial charge in [-0.3, -0.25) is 4.79 Å². The molecule has 0 spiro atoms. The molecule has 0 aromatic rings. The van der Waals surface area contributed by atoms with Crippen molar-refractivity contribution < 1.29 is 9.22 Å². The zero-order valence-electron chi connectivity index (χ0n) is 14.7. The minimum Gasteiger partial charge on any atom is -0.415 e. The molecule has 1 rings (SSSR count). The van der Waals surface area contributed by atoms with E-state index in [0.717, 1.165) is 19.4 Å². The molecule has 118 valence electrons. The Labute approximate surface area is 126 Å². The average Bonchev–Trinajstić information content (AvgIpc) is 2.70. The van der Waals surface area contributed by atoms with Gasteiger partial charge in [0.15, 0.2) is 8.32 Å². The van der Waals surface area contributed by atoms with Crippen molar-refractivity contribution in [1.82, 2.24) is 4.90 Å². The molecule has 3 nitrogen and oxygen atoms in total. The van der Waals surface area contributed by atoms with E-state index in [1.807, 2.05) is 25.7 Å². The number of amides is 1. The first-order valence-corrected chi connectivity index (χ1v) is 10.7. The SMILES string of the molecule is CC(C)(C)C(=O)N1CCC[C@H]1CO[Si](C)(C)C(C)(C)C. The summed E-state index contributed by atoms with van der Waals surface area (Å²) in [5.74, 6) is 0.263. The average molecular weight is 300 g/mol. The molecule has 1 aliphatic heterocycles. The molecule has 0 saturated carbocycles. The van der Waals surface area contributed by atoms with Gasteiger partial charge in [0.1, 0.15) is 0 Å². The lowest BCUT2D eigenvalue weighted by atomic mass is 9.94. The predicted molar refractivity (Wildman–Crippen MR) is 87.3 cm³/mol. The third-order valence-corrected chi connectivity index (χ3v) is 9.22. The van der Waals surface area contributed by atoms with Crippen LogP contribution in [0.3, 0.4) is 0 Å². The normalized spacial score (nSPS) is 21.4.